The van der Waals surface area contributed by atoms with Crippen molar-refractivity contribution in [1.29, 1.82) is 0 Å². The number of piperazine rings is 1. The summed E-state index contributed by atoms with van der Waals surface area (Å²) in [6, 6.07) is 14.8. The quantitative estimate of drug-likeness (QED) is 0.677. The number of benzene rings is 1. The highest BCUT2D eigenvalue weighted by molar-refractivity contribution is 7.13. The van der Waals surface area contributed by atoms with Gasteiger partial charge in [-0.1, -0.05) is 42.5 Å². The van der Waals surface area contributed by atoms with E-state index in [0.29, 0.717) is 5.89 Å². The third-order valence-corrected chi connectivity index (χ3v) is 6.13. The van der Waals surface area contributed by atoms with Gasteiger partial charge in [-0.15, -0.1) is 21.5 Å². The van der Waals surface area contributed by atoms with Gasteiger partial charge in [-0.3, -0.25) is 0 Å². The number of rotatable bonds is 6. The van der Waals surface area contributed by atoms with E-state index < -0.39 is 0 Å². The molecule has 0 unspecified atom stereocenters. The normalized spacial score (nSPS) is 21.5. The first-order valence-electron chi connectivity index (χ1n) is 9.56. The molecule has 0 amide bonds. The number of hydrogen-bond acceptors (Lipinski definition) is 4. The lowest BCUT2D eigenvalue weighted by atomic mass is 10.2. The Bertz CT molecular complexity index is 851. The largest absolute Gasteiger partial charge is 0.414 e. The minimum absolute atomic E-state index is 0.243. The molecule has 6 heteroatoms. The van der Waals surface area contributed by atoms with Gasteiger partial charge in [0.2, 0.25) is 0 Å². The summed E-state index contributed by atoms with van der Waals surface area (Å²) in [6.45, 7) is 7.88. The highest BCUT2D eigenvalue weighted by Gasteiger charge is 2.30. The molecule has 4 rings (SSSR count). The molecule has 1 atom stereocenters. The molecule has 5 nitrogen and oxygen atoms in total. The molecule has 0 aliphatic carbocycles. The Hall–Kier alpha value is -2.28. The molecule has 1 fully saturated rings. The average Bonchev–Trinajstić information content (AvgIpc) is 3.41. The maximum Gasteiger partial charge on any atom is 0.274 e. The number of thiophene rings is 1. The first-order valence-corrected chi connectivity index (χ1v) is 10.4. The van der Waals surface area contributed by atoms with Gasteiger partial charge in [0, 0.05) is 0 Å². The Labute approximate surface area is 163 Å². The summed E-state index contributed by atoms with van der Waals surface area (Å²) in [5.74, 6) is 1.39. The third-order valence-electron chi connectivity index (χ3n) is 5.27. The first kappa shape index (κ1) is 18.1. The van der Waals surface area contributed by atoms with Crippen molar-refractivity contribution in [2.75, 3.05) is 32.7 Å². The van der Waals surface area contributed by atoms with E-state index in [1.807, 2.05) is 17.5 Å². The van der Waals surface area contributed by atoms with Crippen LogP contribution in [-0.4, -0.2) is 42.9 Å². The van der Waals surface area contributed by atoms with Gasteiger partial charge in [0.15, 0.2) is 6.04 Å². The fourth-order valence-corrected chi connectivity index (χ4v) is 4.22. The van der Waals surface area contributed by atoms with E-state index in [1.165, 1.54) is 23.6 Å². The molecule has 2 aromatic heterocycles. The summed E-state index contributed by atoms with van der Waals surface area (Å²) < 4.78 is 5.93. The molecular weight excluding hydrogens is 356 g/mol. The minimum atomic E-state index is 0.243. The van der Waals surface area contributed by atoms with Gasteiger partial charge in [-0.25, -0.2) is 0 Å². The average molecular weight is 383 g/mol. The number of nitrogens with one attached hydrogen (secondary N) is 2. The van der Waals surface area contributed by atoms with E-state index in [1.54, 1.807) is 16.2 Å². The topological polar surface area (TPSA) is 47.8 Å². The SMILES string of the molecule is C[C@@H](c1nnc(-c2cccs2)o1)[NH+]1CC[NH+](C/C=C/c2ccccc2)CC1. The van der Waals surface area contributed by atoms with E-state index in [-0.39, 0.29) is 6.04 Å². The maximum atomic E-state index is 5.93. The standard InChI is InChI=1S/C21H24N4OS/c1-17(20-22-23-21(26-20)19-10-6-16-27-19)25-14-12-24(13-15-25)11-5-9-18-7-3-2-4-8-18/h2-10,16-17H,11-15H2,1H3/p+2/b9-5+/t17-/m0/s1. The van der Waals surface area contributed by atoms with Crippen molar-refractivity contribution in [2.45, 2.75) is 13.0 Å². The number of nitrogens with zero attached hydrogens (tertiary/aromatic N) is 2. The van der Waals surface area contributed by atoms with E-state index in [9.17, 15) is 0 Å². The summed E-state index contributed by atoms with van der Waals surface area (Å²) >= 11 is 1.63. The number of quaternary nitrogens is 2. The van der Waals surface area contributed by atoms with Crippen LogP contribution in [0.3, 0.4) is 0 Å². The van der Waals surface area contributed by atoms with Crippen molar-refractivity contribution in [3.8, 4) is 10.8 Å². The van der Waals surface area contributed by atoms with Crippen LogP contribution < -0.4 is 9.80 Å². The molecular formula is C21H26N4OS+2. The Morgan fingerprint density at radius 3 is 2.63 bits per heavy atom. The maximum absolute atomic E-state index is 5.93. The number of hydrogen-bond donors (Lipinski definition) is 2. The second-order valence-electron chi connectivity index (χ2n) is 7.07. The molecule has 0 bridgehead atoms. The summed E-state index contributed by atoms with van der Waals surface area (Å²) in [5, 5.41) is 10.6. The molecule has 1 aliphatic rings. The van der Waals surface area contributed by atoms with Crippen molar-refractivity contribution in [3.63, 3.8) is 0 Å². The predicted molar refractivity (Wildman–Crippen MR) is 108 cm³/mol. The van der Waals surface area contributed by atoms with Crippen LogP contribution in [0.1, 0.15) is 24.4 Å². The zero-order chi connectivity index (χ0) is 18.5. The van der Waals surface area contributed by atoms with Gasteiger partial charge in [0.25, 0.3) is 11.8 Å². The van der Waals surface area contributed by atoms with Crippen molar-refractivity contribution in [2.24, 2.45) is 0 Å². The third kappa shape index (κ3) is 4.53. The van der Waals surface area contributed by atoms with Crippen LogP contribution in [0.15, 0.2) is 58.3 Å². The summed E-state index contributed by atoms with van der Waals surface area (Å²) in [5.41, 5.74) is 1.27. The van der Waals surface area contributed by atoms with Crippen LogP contribution in [0.4, 0.5) is 0 Å². The smallest absolute Gasteiger partial charge is 0.274 e. The lowest BCUT2D eigenvalue weighted by Gasteiger charge is -2.31. The zero-order valence-electron chi connectivity index (χ0n) is 15.6. The summed E-state index contributed by atoms with van der Waals surface area (Å²) in [4.78, 5) is 4.21. The summed E-state index contributed by atoms with van der Waals surface area (Å²) in [7, 11) is 0. The minimum Gasteiger partial charge on any atom is -0.414 e. The van der Waals surface area contributed by atoms with Crippen molar-refractivity contribution >= 4 is 17.4 Å². The van der Waals surface area contributed by atoms with E-state index in [2.05, 4.69) is 59.6 Å². The molecule has 1 aliphatic heterocycles. The molecule has 0 spiro atoms. The predicted octanol–water partition coefficient (Wildman–Crippen LogP) is 1.36. The van der Waals surface area contributed by atoms with Crippen LogP contribution in [0, 0.1) is 0 Å². The lowest BCUT2D eigenvalue weighted by molar-refractivity contribution is -1.02. The van der Waals surface area contributed by atoms with Gasteiger partial charge in [0.1, 0.15) is 26.2 Å². The zero-order valence-corrected chi connectivity index (χ0v) is 16.4. The van der Waals surface area contributed by atoms with E-state index in [4.69, 9.17) is 4.42 Å². The van der Waals surface area contributed by atoms with Gasteiger partial charge in [0.05, 0.1) is 11.4 Å². The van der Waals surface area contributed by atoms with Crippen LogP contribution >= 0.6 is 11.3 Å². The molecule has 2 N–H and O–H groups in total. The molecule has 1 aromatic carbocycles. The molecule has 140 valence electrons. The lowest BCUT2D eigenvalue weighted by Crippen LogP contribution is -3.28. The highest BCUT2D eigenvalue weighted by atomic mass is 32.1. The van der Waals surface area contributed by atoms with Crippen LogP contribution in [0.5, 0.6) is 0 Å². The Balaban J connectivity index is 1.28. The van der Waals surface area contributed by atoms with E-state index in [0.717, 1.165) is 30.4 Å². The Kier molecular flexibility index (Phi) is 5.77. The molecule has 0 radical (unpaired) electrons. The van der Waals surface area contributed by atoms with Crippen LogP contribution in [0.25, 0.3) is 16.8 Å². The monoisotopic (exact) mass is 382 g/mol. The van der Waals surface area contributed by atoms with Crippen LogP contribution in [0.2, 0.25) is 0 Å². The van der Waals surface area contributed by atoms with Crippen LogP contribution in [-0.2, 0) is 0 Å². The second-order valence-corrected chi connectivity index (χ2v) is 8.02. The molecule has 3 aromatic rings. The fraction of sp³-hybridized carbons (Fsp3) is 0.333. The molecule has 0 saturated carbocycles. The highest BCUT2D eigenvalue weighted by Crippen LogP contribution is 2.24. The Morgan fingerprint density at radius 2 is 1.89 bits per heavy atom. The van der Waals surface area contributed by atoms with E-state index >= 15 is 0 Å². The number of aromatic nitrogens is 2. The first-order chi connectivity index (χ1) is 13.3. The van der Waals surface area contributed by atoms with Gasteiger partial charge in [-0.2, -0.15) is 0 Å². The van der Waals surface area contributed by atoms with Crippen molar-refractivity contribution < 1.29 is 14.2 Å². The van der Waals surface area contributed by atoms with Gasteiger partial charge < -0.3 is 14.2 Å². The van der Waals surface area contributed by atoms with Crippen molar-refractivity contribution in [3.05, 3.63) is 65.4 Å². The summed E-state index contributed by atoms with van der Waals surface area (Å²) in [6.07, 6.45) is 4.52. The van der Waals surface area contributed by atoms with Gasteiger partial charge in [-0.05, 0) is 30.0 Å². The molecule has 27 heavy (non-hydrogen) atoms. The second kappa shape index (κ2) is 8.61. The van der Waals surface area contributed by atoms with Gasteiger partial charge >= 0.3 is 0 Å². The van der Waals surface area contributed by atoms with Crippen molar-refractivity contribution in [1.82, 2.24) is 10.2 Å². The Morgan fingerprint density at radius 1 is 1.07 bits per heavy atom. The molecule has 1 saturated heterocycles. The molecule has 3 heterocycles. The fourth-order valence-electron chi connectivity index (χ4n) is 3.57.